The first-order valence-corrected chi connectivity index (χ1v) is 12.3. The Morgan fingerprint density at radius 2 is 1.92 bits per heavy atom. The van der Waals surface area contributed by atoms with Gasteiger partial charge in [-0.25, -0.2) is 13.8 Å². The van der Waals surface area contributed by atoms with Crippen LogP contribution in [-0.4, -0.2) is 51.3 Å². The fraction of sp³-hybridized carbons (Fsp3) is 0.240. The third-order valence-electron chi connectivity index (χ3n) is 6.22. The van der Waals surface area contributed by atoms with Gasteiger partial charge < -0.3 is 15.0 Å². The summed E-state index contributed by atoms with van der Waals surface area (Å²) in [4.78, 5) is 49.7. The van der Waals surface area contributed by atoms with Gasteiger partial charge in [0.15, 0.2) is 0 Å². The van der Waals surface area contributed by atoms with Gasteiger partial charge in [-0.3, -0.25) is 19.1 Å². The number of nitrogens with one attached hydrogen (secondary N) is 1. The van der Waals surface area contributed by atoms with Gasteiger partial charge in [-0.15, -0.1) is 0 Å². The van der Waals surface area contributed by atoms with Gasteiger partial charge in [0, 0.05) is 38.3 Å². The van der Waals surface area contributed by atoms with Gasteiger partial charge in [0.2, 0.25) is 11.8 Å². The van der Waals surface area contributed by atoms with Gasteiger partial charge >= 0.3 is 5.69 Å². The first-order valence-electron chi connectivity index (χ1n) is 11.5. The van der Waals surface area contributed by atoms with Crippen molar-refractivity contribution in [3.05, 3.63) is 79.4 Å². The average molecular weight is 559 g/mol. The van der Waals surface area contributed by atoms with E-state index in [2.05, 4.69) is 15.3 Å². The summed E-state index contributed by atoms with van der Waals surface area (Å²) in [5.41, 5.74) is -0.941. The predicted molar refractivity (Wildman–Crippen MR) is 142 cm³/mol. The van der Waals surface area contributed by atoms with Crippen molar-refractivity contribution in [3.63, 3.8) is 0 Å². The molecule has 1 aromatic carbocycles. The minimum atomic E-state index is -0.758. The maximum Gasteiger partial charge on any atom is 0.340 e. The molecule has 0 bridgehead atoms. The number of fused-ring (bicyclic) bond motifs is 1. The minimum absolute atomic E-state index is 0.00822. The van der Waals surface area contributed by atoms with E-state index in [1.54, 1.807) is 6.07 Å². The van der Waals surface area contributed by atoms with E-state index in [-0.39, 0.29) is 50.2 Å². The minimum Gasteiger partial charge on any atom is -0.480 e. The van der Waals surface area contributed by atoms with Crippen LogP contribution in [0.1, 0.15) is 13.3 Å². The highest BCUT2D eigenvalue weighted by atomic mass is 35.5. The number of pyridine rings is 2. The van der Waals surface area contributed by atoms with Gasteiger partial charge in [-0.2, -0.15) is 4.98 Å². The number of rotatable bonds is 5. The average Bonchev–Trinajstić information content (AvgIpc) is 3.33. The number of carbonyl (C=O) groups excluding carboxylic acids is 1. The van der Waals surface area contributed by atoms with E-state index in [4.69, 9.17) is 27.9 Å². The number of carbonyl (C=O) groups is 1. The number of methoxy groups -OCH3 is 1. The van der Waals surface area contributed by atoms with Crippen LogP contribution in [0.3, 0.4) is 0 Å². The van der Waals surface area contributed by atoms with E-state index in [9.17, 15) is 18.8 Å². The smallest absolute Gasteiger partial charge is 0.340 e. The van der Waals surface area contributed by atoms with Crippen LogP contribution in [0.25, 0.3) is 22.3 Å². The highest BCUT2D eigenvalue weighted by Crippen LogP contribution is 2.30. The van der Waals surface area contributed by atoms with Crippen molar-refractivity contribution in [1.29, 1.82) is 0 Å². The second-order valence-electron chi connectivity index (χ2n) is 8.73. The Morgan fingerprint density at radius 3 is 2.61 bits per heavy atom. The van der Waals surface area contributed by atoms with E-state index < -0.39 is 17.1 Å². The van der Waals surface area contributed by atoms with E-state index in [1.807, 2.05) is 4.90 Å². The number of anilines is 1. The summed E-state index contributed by atoms with van der Waals surface area (Å²) in [5.74, 6) is -0.388. The molecule has 0 spiro atoms. The molecular formula is C25H21Cl2FN6O4. The van der Waals surface area contributed by atoms with Crippen molar-refractivity contribution in [2.45, 2.75) is 19.4 Å². The van der Waals surface area contributed by atoms with Crippen molar-refractivity contribution in [3.8, 4) is 17.3 Å². The van der Waals surface area contributed by atoms with Crippen molar-refractivity contribution in [2.24, 2.45) is 0 Å². The monoisotopic (exact) mass is 558 g/mol. The second kappa shape index (κ2) is 10.1. The zero-order valence-corrected chi connectivity index (χ0v) is 21.8. The number of ether oxygens (including phenoxy) is 1. The molecule has 1 fully saturated rings. The van der Waals surface area contributed by atoms with E-state index in [0.29, 0.717) is 25.3 Å². The zero-order chi connectivity index (χ0) is 27.1. The molecule has 5 rings (SSSR count). The standard InChI is InChI=1S/C25H21Cl2FN6O4/c1-13(35)30-15-5-6-32(12-15)21-9-20-22(23(31-21)38-2)24(36)34(17-7-14(26)10-29-11-17)25(37)33(20)16-3-4-19(28)18(27)8-16/h3-4,7-11,15H,5-6,12H2,1-2H3,(H,30,35)/t15-/m1/s1. The lowest BCUT2D eigenvalue weighted by Crippen LogP contribution is -2.39. The van der Waals surface area contributed by atoms with Gasteiger partial charge in [0.05, 0.1) is 40.2 Å². The van der Waals surface area contributed by atoms with E-state index in [0.717, 1.165) is 10.6 Å². The quantitative estimate of drug-likeness (QED) is 0.400. The van der Waals surface area contributed by atoms with Crippen LogP contribution < -0.4 is 26.2 Å². The fourth-order valence-corrected chi connectivity index (χ4v) is 4.93. The van der Waals surface area contributed by atoms with Crippen molar-refractivity contribution in [1.82, 2.24) is 24.4 Å². The zero-order valence-electron chi connectivity index (χ0n) is 20.2. The summed E-state index contributed by atoms with van der Waals surface area (Å²) < 4.78 is 21.7. The number of nitrogens with zero attached hydrogens (tertiary/aromatic N) is 5. The van der Waals surface area contributed by atoms with Gasteiger partial charge in [-0.05, 0) is 30.7 Å². The summed E-state index contributed by atoms with van der Waals surface area (Å²) >= 11 is 12.2. The van der Waals surface area contributed by atoms with Crippen LogP contribution in [0.15, 0.2) is 52.3 Å². The van der Waals surface area contributed by atoms with Crippen LogP contribution in [-0.2, 0) is 4.79 Å². The lowest BCUT2D eigenvalue weighted by atomic mass is 10.2. The fourth-order valence-electron chi connectivity index (χ4n) is 4.58. The summed E-state index contributed by atoms with van der Waals surface area (Å²) in [6, 6.07) is 6.72. The van der Waals surface area contributed by atoms with Crippen molar-refractivity contribution in [2.75, 3.05) is 25.1 Å². The van der Waals surface area contributed by atoms with Crippen LogP contribution in [0.5, 0.6) is 5.88 Å². The Bertz CT molecular complexity index is 1710. The Labute approximate surface area is 225 Å². The number of hydrogen-bond acceptors (Lipinski definition) is 7. The highest BCUT2D eigenvalue weighted by Gasteiger charge is 2.27. The number of benzene rings is 1. The Hall–Kier alpha value is -3.96. The molecule has 4 aromatic rings. The van der Waals surface area contributed by atoms with E-state index in [1.165, 1.54) is 49.2 Å². The maximum atomic E-state index is 14.0. The Kier molecular flexibility index (Phi) is 6.80. The molecule has 10 nitrogen and oxygen atoms in total. The number of aromatic nitrogens is 4. The molecule has 38 heavy (non-hydrogen) atoms. The molecule has 0 saturated carbocycles. The Balaban J connectivity index is 1.82. The van der Waals surface area contributed by atoms with Crippen LogP contribution in [0.2, 0.25) is 10.0 Å². The van der Waals surface area contributed by atoms with Crippen LogP contribution in [0.4, 0.5) is 10.2 Å². The number of hydrogen-bond donors (Lipinski definition) is 1. The second-order valence-corrected chi connectivity index (χ2v) is 9.58. The predicted octanol–water partition coefficient (Wildman–Crippen LogP) is 3.10. The normalized spacial score (nSPS) is 15.2. The molecule has 196 valence electrons. The first kappa shape index (κ1) is 25.7. The topological polar surface area (TPSA) is 111 Å². The molecule has 1 amide bonds. The van der Waals surface area contributed by atoms with Gasteiger partial charge in [0.25, 0.3) is 5.56 Å². The largest absolute Gasteiger partial charge is 0.480 e. The molecule has 1 N–H and O–H groups in total. The first-order chi connectivity index (χ1) is 18.2. The summed E-state index contributed by atoms with van der Waals surface area (Å²) in [6.07, 6.45) is 3.38. The van der Waals surface area contributed by atoms with Crippen LogP contribution >= 0.6 is 23.2 Å². The molecule has 13 heteroatoms. The van der Waals surface area contributed by atoms with E-state index >= 15 is 0 Å². The molecule has 1 aliphatic heterocycles. The highest BCUT2D eigenvalue weighted by molar-refractivity contribution is 6.31. The molecule has 0 aliphatic carbocycles. The van der Waals surface area contributed by atoms with Gasteiger partial charge in [-0.1, -0.05) is 23.2 Å². The summed E-state index contributed by atoms with van der Waals surface area (Å²) in [5, 5.41) is 2.91. The molecule has 0 radical (unpaired) electrons. The van der Waals surface area contributed by atoms with Crippen molar-refractivity contribution < 1.29 is 13.9 Å². The molecule has 1 aliphatic rings. The third kappa shape index (κ3) is 4.59. The molecule has 1 saturated heterocycles. The SMILES string of the molecule is COc1nc(N2CC[C@@H](NC(C)=O)C2)cc2c1c(=O)n(-c1cncc(Cl)c1)c(=O)n2-c1ccc(F)c(Cl)c1. The lowest BCUT2D eigenvalue weighted by molar-refractivity contribution is -0.119. The molecule has 4 heterocycles. The molecule has 1 atom stereocenters. The molecule has 3 aromatic heterocycles. The molecule has 0 unspecified atom stereocenters. The van der Waals surface area contributed by atoms with Gasteiger partial charge in [0.1, 0.15) is 17.0 Å². The maximum absolute atomic E-state index is 14.0. The summed E-state index contributed by atoms with van der Waals surface area (Å²) in [7, 11) is 1.37. The van der Waals surface area contributed by atoms with Crippen LogP contribution in [0, 0.1) is 5.82 Å². The lowest BCUT2D eigenvalue weighted by Gasteiger charge is -2.21. The number of halogens is 3. The number of amides is 1. The summed E-state index contributed by atoms with van der Waals surface area (Å²) in [6.45, 7) is 2.50. The Morgan fingerprint density at radius 1 is 1.13 bits per heavy atom. The third-order valence-corrected chi connectivity index (χ3v) is 6.71. The molecular weight excluding hydrogens is 538 g/mol. The van der Waals surface area contributed by atoms with Crippen molar-refractivity contribution >= 4 is 45.8 Å².